The molecule has 88 valence electrons. The molecule has 0 aliphatic heterocycles. The number of benzene rings is 2. The van der Waals surface area contributed by atoms with Gasteiger partial charge in [-0.05, 0) is 23.7 Å². The molecule has 1 heterocycles. The van der Waals surface area contributed by atoms with E-state index in [0.717, 1.165) is 22.4 Å². The third-order valence-corrected chi connectivity index (χ3v) is 2.74. The molecule has 3 aromatic rings. The van der Waals surface area contributed by atoms with Gasteiger partial charge in [-0.1, -0.05) is 12.1 Å². The molecule has 0 spiro atoms. The molecule has 0 radical (unpaired) electrons. The smallest absolute Gasteiger partial charge is 0.397 e. The second kappa shape index (κ2) is 6.13. The van der Waals surface area contributed by atoms with E-state index in [1.54, 1.807) is 0 Å². The van der Waals surface area contributed by atoms with E-state index < -0.39 is 0 Å². The van der Waals surface area contributed by atoms with Crippen LogP contribution < -0.4 is 11.1 Å². The van der Waals surface area contributed by atoms with Crippen molar-refractivity contribution in [1.29, 1.82) is 0 Å². The summed E-state index contributed by atoms with van der Waals surface area (Å²) in [5, 5.41) is 4.28. The van der Waals surface area contributed by atoms with Gasteiger partial charge in [0.2, 0.25) is 0 Å². The van der Waals surface area contributed by atoms with Crippen LogP contribution in [0.1, 0.15) is 0 Å². The number of hydrogen-bond acceptors (Lipinski definition) is 3. The van der Waals surface area contributed by atoms with Crippen LogP contribution in [0.2, 0.25) is 0 Å². The fraction of sp³-hybridized carbons (Fsp3) is 0. The average molecular weight is 323 g/mol. The standard InChI is InChI=1S/C15H12N3.Y/c16-12-6-2-4-8-14(12)18-15-10-9-11-5-1-3-7-13(11)17-15;/h1-6,8-10H,16H2,(H,17,18);/q-1;+3. The molecule has 4 heteroatoms. The second-order valence-electron chi connectivity index (χ2n) is 4.02. The Morgan fingerprint density at radius 1 is 1.00 bits per heavy atom. The first-order chi connectivity index (χ1) is 8.83. The number of nitrogen functional groups attached to an aromatic ring is 1. The van der Waals surface area contributed by atoms with Crippen molar-refractivity contribution in [3.05, 3.63) is 60.7 Å². The number of rotatable bonds is 2. The Morgan fingerprint density at radius 2 is 1.84 bits per heavy atom. The molecule has 19 heavy (non-hydrogen) atoms. The largest absolute Gasteiger partial charge is 3.00 e. The van der Waals surface area contributed by atoms with Gasteiger partial charge in [-0.2, -0.15) is 24.3 Å². The number of anilines is 3. The third kappa shape index (κ3) is 3.11. The minimum Gasteiger partial charge on any atom is -0.397 e. The van der Waals surface area contributed by atoms with Gasteiger partial charge in [-0.25, -0.2) is 0 Å². The molecule has 0 fully saturated rings. The summed E-state index contributed by atoms with van der Waals surface area (Å²) >= 11 is 0. The molecular weight excluding hydrogens is 311 g/mol. The summed E-state index contributed by atoms with van der Waals surface area (Å²) in [5.74, 6) is 0.767. The summed E-state index contributed by atoms with van der Waals surface area (Å²) in [7, 11) is 0. The molecule has 3 nitrogen and oxygen atoms in total. The maximum Gasteiger partial charge on any atom is 3.00 e. The van der Waals surface area contributed by atoms with Crippen LogP contribution in [0.15, 0.2) is 54.6 Å². The van der Waals surface area contributed by atoms with Gasteiger partial charge in [0.25, 0.3) is 0 Å². The first-order valence-corrected chi connectivity index (χ1v) is 5.72. The monoisotopic (exact) mass is 323 g/mol. The first kappa shape index (κ1) is 14.0. The molecule has 0 aliphatic carbocycles. The van der Waals surface area contributed by atoms with Crippen molar-refractivity contribution in [3.8, 4) is 0 Å². The Labute approximate surface area is 137 Å². The Bertz CT molecular complexity index is 698. The van der Waals surface area contributed by atoms with Crippen LogP contribution in [-0.4, -0.2) is 4.98 Å². The van der Waals surface area contributed by atoms with Crippen molar-refractivity contribution >= 4 is 28.1 Å². The summed E-state index contributed by atoms with van der Waals surface area (Å²) in [6.45, 7) is 0. The normalized spacial score (nSPS) is 9.89. The molecular formula is C15H12N3Y+2. The van der Waals surface area contributed by atoms with Crippen molar-refractivity contribution in [2.75, 3.05) is 11.1 Å². The Balaban J connectivity index is 0.00000133. The molecule has 0 aliphatic rings. The summed E-state index contributed by atoms with van der Waals surface area (Å²) in [6, 6.07) is 20.5. The fourth-order valence-corrected chi connectivity index (χ4v) is 1.82. The van der Waals surface area contributed by atoms with Gasteiger partial charge < -0.3 is 11.1 Å². The Morgan fingerprint density at radius 3 is 2.68 bits per heavy atom. The van der Waals surface area contributed by atoms with E-state index in [9.17, 15) is 0 Å². The zero-order valence-corrected chi connectivity index (χ0v) is 13.1. The predicted octanol–water partition coefficient (Wildman–Crippen LogP) is 3.36. The number of hydrogen-bond donors (Lipinski definition) is 2. The maximum absolute atomic E-state index is 5.88. The van der Waals surface area contributed by atoms with Gasteiger partial charge in [0, 0.05) is 0 Å². The zero-order valence-electron chi connectivity index (χ0n) is 10.3. The molecule has 0 bridgehead atoms. The fourth-order valence-electron chi connectivity index (χ4n) is 1.82. The van der Waals surface area contributed by atoms with Gasteiger partial charge in [-0.3, -0.25) is 4.98 Å². The van der Waals surface area contributed by atoms with Crippen LogP contribution in [0, 0.1) is 6.07 Å². The van der Waals surface area contributed by atoms with Crippen molar-refractivity contribution in [3.63, 3.8) is 0 Å². The van der Waals surface area contributed by atoms with E-state index >= 15 is 0 Å². The van der Waals surface area contributed by atoms with Gasteiger partial charge >= 0.3 is 32.7 Å². The van der Waals surface area contributed by atoms with Crippen LogP contribution in [0.5, 0.6) is 0 Å². The SMILES string of the molecule is Nc1ccccc1Nc1ccc2ccc[c-]c2n1.[Y+3]. The van der Waals surface area contributed by atoms with Gasteiger partial charge in [0.15, 0.2) is 0 Å². The molecule has 1 aromatic heterocycles. The summed E-state index contributed by atoms with van der Waals surface area (Å²) in [4.78, 5) is 4.49. The number of aromatic nitrogens is 1. The quantitative estimate of drug-likeness (QED) is 0.562. The van der Waals surface area contributed by atoms with E-state index in [4.69, 9.17) is 5.73 Å². The number of nitrogens with two attached hydrogens (primary N) is 1. The predicted molar refractivity (Wildman–Crippen MR) is 74.7 cm³/mol. The summed E-state index contributed by atoms with van der Waals surface area (Å²) in [5.41, 5.74) is 8.29. The van der Waals surface area contributed by atoms with Crippen LogP contribution in [0.25, 0.3) is 10.9 Å². The average Bonchev–Trinajstić information content (AvgIpc) is 2.41. The van der Waals surface area contributed by atoms with Crippen LogP contribution in [0.4, 0.5) is 17.2 Å². The number of pyridine rings is 1. The Kier molecular flexibility index (Phi) is 4.51. The second-order valence-corrected chi connectivity index (χ2v) is 4.02. The van der Waals surface area contributed by atoms with Crippen molar-refractivity contribution in [2.24, 2.45) is 0 Å². The first-order valence-electron chi connectivity index (χ1n) is 5.72. The number of nitrogens with one attached hydrogen (secondary N) is 1. The van der Waals surface area contributed by atoms with E-state index in [-0.39, 0.29) is 32.7 Å². The third-order valence-electron chi connectivity index (χ3n) is 2.74. The molecule has 0 amide bonds. The van der Waals surface area contributed by atoms with Gasteiger partial charge in [0.1, 0.15) is 5.82 Å². The molecule has 0 atom stereocenters. The van der Waals surface area contributed by atoms with Gasteiger partial charge in [0.05, 0.1) is 11.4 Å². The van der Waals surface area contributed by atoms with E-state index in [2.05, 4.69) is 16.4 Å². The zero-order chi connectivity index (χ0) is 12.4. The summed E-state index contributed by atoms with van der Waals surface area (Å²) in [6.07, 6.45) is 0. The maximum atomic E-state index is 5.88. The Hall–Kier alpha value is -1.45. The van der Waals surface area contributed by atoms with Crippen LogP contribution >= 0.6 is 0 Å². The molecule has 2 aromatic carbocycles. The van der Waals surface area contributed by atoms with Crippen LogP contribution in [-0.2, 0) is 32.7 Å². The summed E-state index contributed by atoms with van der Waals surface area (Å²) < 4.78 is 0. The van der Waals surface area contributed by atoms with E-state index in [0.29, 0.717) is 5.69 Å². The minimum absolute atomic E-state index is 0. The number of fused-ring (bicyclic) bond motifs is 1. The minimum atomic E-state index is 0. The molecule has 0 unspecified atom stereocenters. The van der Waals surface area contributed by atoms with Gasteiger partial charge in [-0.15, -0.1) is 11.5 Å². The van der Waals surface area contributed by atoms with E-state index in [1.807, 2.05) is 54.6 Å². The van der Waals surface area contributed by atoms with Crippen molar-refractivity contribution in [2.45, 2.75) is 0 Å². The molecule has 3 N–H and O–H groups in total. The molecule has 0 saturated heterocycles. The molecule has 0 saturated carbocycles. The van der Waals surface area contributed by atoms with E-state index in [1.165, 1.54) is 0 Å². The van der Waals surface area contributed by atoms with Crippen LogP contribution in [0.3, 0.4) is 0 Å². The number of nitrogens with zero attached hydrogens (tertiary/aromatic N) is 1. The number of para-hydroxylation sites is 3. The van der Waals surface area contributed by atoms with Crippen molar-refractivity contribution < 1.29 is 32.7 Å². The molecule has 3 rings (SSSR count). The topological polar surface area (TPSA) is 50.9 Å². The van der Waals surface area contributed by atoms with Crippen molar-refractivity contribution in [1.82, 2.24) is 4.98 Å².